The van der Waals surface area contributed by atoms with Gasteiger partial charge in [0.15, 0.2) is 0 Å². The zero-order chi connectivity index (χ0) is 10.1. The second-order valence-corrected chi connectivity index (χ2v) is 5.09. The third-order valence-corrected chi connectivity index (χ3v) is 3.29. The Morgan fingerprint density at radius 2 is 2.14 bits per heavy atom. The molecule has 0 saturated heterocycles. The van der Waals surface area contributed by atoms with Crippen molar-refractivity contribution in [1.82, 2.24) is 0 Å². The summed E-state index contributed by atoms with van der Waals surface area (Å²) in [4.78, 5) is 0.546. The summed E-state index contributed by atoms with van der Waals surface area (Å²) in [5.74, 6) is 0.121. The van der Waals surface area contributed by atoms with Gasteiger partial charge in [0, 0.05) is 10.9 Å². The average Bonchev–Trinajstić information content (AvgIpc) is 2.09. The van der Waals surface area contributed by atoms with Crippen molar-refractivity contribution in [3.8, 4) is 5.75 Å². The number of benzene rings is 1. The van der Waals surface area contributed by atoms with E-state index in [0.717, 1.165) is 12.8 Å². The molecule has 0 aromatic heterocycles. The van der Waals surface area contributed by atoms with Crippen molar-refractivity contribution >= 4 is 27.5 Å². The highest BCUT2D eigenvalue weighted by Gasteiger charge is 2.28. The smallest absolute Gasteiger partial charge is 0.145 e. The summed E-state index contributed by atoms with van der Waals surface area (Å²) in [7, 11) is 0. The van der Waals surface area contributed by atoms with E-state index in [1.807, 2.05) is 0 Å². The highest BCUT2D eigenvalue weighted by molar-refractivity contribution is 9.09. The molecule has 0 aliphatic heterocycles. The quantitative estimate of drug-likeness (QED) is 0.749. The summed E-state index contributed by atoms with van der Waals surface area (Å²) in [5.41, 5.74) is 0. The topological polar surface area (TPSA) is 9.23 Å². The number of hydrogen-bond acceptors (Lipinski definition) is 1. The van der Waals surface area contributed by atoms with Crippen LogP contribution in [0.3, 0.4) is 0 Å². The molecule has 1 aromatic rings. The first-order valence-corrected chi connectivity index (χ1v) is 5.70. The average molecular weight is 280 g/mol. The Labute approximate surface area is 95.3 Å². The van der Waals surface area contributed by atoms with Crippen LogP contribution < -0.4 is 4.74 Å². The molecule has 0 unspecified atom stereocenters. The summed E-state index contributed by atoms with van der Waals surface area (Å²) >= 11 is 9.01. The molecule has 76 valence electrons. The maximum Gasteiger partial charge on any atom is 0.145 e. The van der Waals surface area contributed by atoms with Crippen LogP contribution in [0.2, 0.25) is 5.02 Å². The van der Waals surface area contributed by atoms with Crippen LogP contribution >= 0.6 is 27.5 Å². The molecule has 2 rings (SSSR count). The van der Waals surface area contributed by atoms with Crippen molar-refractivity contribution in [3.63, 3.8) is 0 Å². The largest absolute Gasteiger partial charge is 0.490 e. The molecule has 14 heavy (non-hydrogen) atoms. The van der Waals surface area contributed by atoms with E-state index >= 15 is 0 Å². The minimum absolute atomic E-state index is 0.129. The van der Waals surface area contributed by atoms with Crippen LogP contribution in [0.15, 0.2) is 18.2 Å². The van der Waals surface area contributed by atoms with E-state index in [1.54, 1.807) is 6.07 Å². The van der Waals surface area contributed by atoms with Gasteiger partial charge in [-0.2, -0.15) is 0 Å². The molecule has 1 fully saturated rings. The van der Waals surface area contributed by atoms with Crippen LogP contribution in [-0.4, -0.2) is 10.9 Å². The Morgan fingerprint density at radius 3 is 2.71 bits per heavy atom. The predicted molar refractivity (Wildman–Crippen MR) is 57.8 cm³/mol. The van der Waals surface area contributed by atoms with Gasteiger partial charge in [-0.25, -0.2) is 4.39 Å². The van der Waals surface area contributed by atoms with Gasteiger partial charge in [-0.15, -0.1) is 0 Å². The van der Waals surface area contributed by atoms with Crippen molar-refractivity contribution in [2.45, 2.75) is 23.8 Å². The van der Waals surface area contributed by atoms with E-state index in [4.69, 9.17) is 16.3 Å². The molecule has 1 aliphatic rings. The van der Waals surface area contributed by atoms with Gasteiger partial charge in [0.1, 0.15) is 17.7 Å². The predicted octanol–water partition coefficient (Wildman–Crippen LogP) is 3.78. The van der Waals surface area contributed by atoms with Gasteiger partial charge in [-0.3, -0.25) is 0 Å². The first-order chi connectivity index (χ1) is 6.65. The zero-order valence-electron chi connectivity index (χ0n) is 7.34. The molecule has 0 amide bonds. The monoisotopic (exact) mass is 278 g/mol. The summed E-state index contributed by atoms with van der Waals surface area (Å²) in [6.45, 7) is 0. The highest BCUT2D eigenvalue weighted by Crippen LogP contribution is 2.31. The Kier molecular flexibility index (Phi) is 2.98. The van der Waals surface area contributed by atoms with Crippen LogP contribution in [0.1, 0.15) is 12.8 Å². The number of halogens is 3. The molecule has 4 heteroatoms. The lowest BCUT2D eigenvalue weighted by atomic mass is 9.96. The molecular formula is C10H9BrClFO. The number of alkyl halides is 1. The molecule has 1 aliphatic carbocycles. The van der Waals surface area contributed by atoms with E-state index < -0.39 is 5.82 Å². The lowest BCUT2D eigenvalue weighted by molar-refractivity contribution is 0.128. The van der Waals surface area contributed by atoms with Crippen molar-refractivity contribution < 1.29 is 9.13 Å². The maximum absolute atomic E-state index is 13.0. The van der Waals surface area contributed by atoms with Crippen molar-refractivity contribution in [1.29, 1.82) is 0 Å². The first kappa shape index (κ1) is 10.2. The Balaban J connectivity index is 2.00. The second-order valence-electron chi connectivity index (χ2n) is 3.38. The summed E-state index contributed by atoms with van der Waals surface area (Å²) in [5, 5.41) is 0.129. The van der Waals surface area contributed by atoms with Crippen LogP contribution in [-0.2, 0) is 0 Å². The van der Waals surface area contributed by atoms with Gasteiger partial charge in [0.2, 0.25) is 0 Å². The fourth-order valence-corrected chi connectivity index (χ4v) is 2.29. The third kappa shape index (κ3) is 2.20. The SMILES string of the molecule is Fc1cc(OC2CC(Br)C2)ccc1Cl. The van der Waals surface area contributed by atoms with Crippen molar-refractivity contribution in [3.05, 3.63) is 29.0 Å². The minimum Gasteiger partial charge on any atom is -0.490 e. The first-order valence-electron chi connectivity index (χ1n) is 4.41. The molecule has 1 nitrogen and oxygen atoms in total. The van der Waals surface area contributed by atoms with E-state index in [-0.39, 0.29) is 11.1 Å². The molecule has 0 radical (unpaired) electrons. The third-order valence-electron chi connectivity index (χ3n) is 2.23. The fourth-order valence-electron chi connectivity index (χ4n) is 1.34. The molecule has 0 N–H and O–H groups in total. The van der Waals surface area contributed by atoms with Crippen LogP contribution in [0, 0.1) is 5.82 Å². The van der Waals surface area contributed by atoms with Crippen molar-refractivity contribution in [2.75, 3.05) is 0 Å². The molecule has 0 heterocycles. The second kappa shape index (κ2) is 4.07. The Morgan fingerprint density at radius 1 is 1.43 bits per heavy atom. The van der Waals surface area contributed by atoms with Crippen molar-refractivity contribution in [2.24, 2.45) is 0 Å². The zero-order valence-corrected chi connectivity index (χ0v) is 9.69. The molecule has 1 aromatic carbocycles. The number of rotatable bonds is 2. The van der Waals surface area contributed by atoms with Gasteiger partial charge in [-0.05, 0) is 25.0 Å². The summed E-state index contributed by atoms with van der Waals surface area (Å²) < 4.78 is 18.5. The molecular weight excluding hydrogens is 270 g/mol. The van der Waals surface area contributed by atoms with Gasteiger partial charge in [0.25, 0.3) is 0 Å². The van der Waals surface area contributed by atoms with E-state index in [9.17, 15) is 4.39 Å². The van der Waals surface area contributed by atoms with Crippen LogP contribution in [0.25, 0.3) is 0 Å². The normalized spacial score (nSPS) is 25.6. The van der Waals surface area contributed by atoms with Crippen LogP contribution in [0.4, 0.5) is 4.39 Å². The molecule has 1 saturated carbocycles. The molecule has 0 bridgehead atoms. The summed E-state index contributed by atoms with van der Waals surface area (Å²) in [6, 6.07) is 4.52. The van der Waals surface area contributed by atoms with Crippen LogP contribution in [0.5, 0.6) is 5.75 Å². The van der Waals surface area contributed by atoms with Gasteiger partial charge >= 0.3 is 0 Å². The molecule has 0 spiro atoms. The maximum atomic E-state index is 13.0. The van der Waals surface area contributed by atoms with E-state index in [1.165, 1.54) is 12.1 Å². The lowest BCUT2D eigenvalue weighted by Gasteiger charge is -2.31. The number of hydrogen-bond donors (Lipinski definition) is 0. The van der Waals surface area contributed by atoms with Gasteiger partial charge in [0.05, 0.1) is 5.02 Å². The Bertz CT molecular complexity index is 339. The fraction of sp³-hybridized carbons (Fsp3) is 0.400. The van der Waals surface area contributed by atoms with Gasteiger partial charge in [-0.1, -0.05) is 27.5 Å². The van der Waals surface area contributed by atoms with E-state index in [2.05, 4.69) is 15.9 Å². The number of ether oxygens (including phenoxy) is 1. The van der Waals surface area contributed by atoms with E-state index in [0.29, 0.717) is 10.6 Å². The molecule has 0 atom stereocenters. The summed E-state index contributed by atoms with van der Waals surface area (Å²) in [6.07, 6.45) is 2.16. The Hall–Kier alpha value is -0.280. The van der Waals surface area contributed by atoms with Gasteiger partial charge < -0.3 is 4.74 Å². The lowest BCUT2D eigenvalue weighted by Crippen LogP contribution is -2.33. The minimum atomic E-state index is -0.432. The highest BCUT2D eigenvalue weighted by atomic mass is 79.9. The standard InChI is InChI=1S/C10H9BrClFO/c11-6-3-8(4-6)14-7-1-2-9(12)10(13)5-7/h1-2,5-6,8H,3-4H2.